The van der Waals surface area contributed by atoms with E-state index in [1.165, 1.54) is 0 Å². The fourth-order valence-electron chi connectivity index (χ4n) is 3.74. The summed E-state index contributed by atoms with van der Waals surface area (Å²) in [5, 5.41) is 0. The zero-order valence-electron chi connectivity index (χ0n) is 17.2. The Hall–Kier alpha value is -2.77. The molecular formula is C25H25O3P. The monoisotopic (exact) mass is 404 g/mol. The van der Waals surface area contributed by atoms with Gasteiger partial charge in [0, 0.05) is 17.3 Å². The average molecular weight is 404 g/mol. The quantitative estimate of drug-likeness (QED) is 0.443. The highest BCUT2D eigenvalue weighted by atomic mass is 31.2. The molecule has 4 heteroatoms. The molecule has 0 fully saturated rings. The normalized spacial score (nSPS) is 11.3. The predicted molar refractivity (Wildman–Crippen MR) is 118 cm³/mol. The average Bonchev–Trinajstić information content (AvgIpc) is 2.68. The second-order valence-corrected chi connectivity index (χ2v) is 10.1. The Morgan fingerprint density at radius 3 is 1.38 bits per heavy atom. The van der Waals surface area contributed by atoms with Crippen molar-refractivity contribution in [3.8, 4) is 0 Å². The van der Waals surface area contributed by atoms with E-state index in [4.69, 9.17) is 0 Å². The minimum Gasteiger partial charge on any atom is -0.306 e. The van der Waals surface area contributed by atoms with E-state index in [9.17, 15) is 14.2 Å². The molecule has 3 rings (SSSR count). The van der Waals surface area contributed by atoms with Crippen LogP contribution in [0.25, 0.3) is 0 Å². The van der Waals surface area contributed by atoms with Gasteiger partial charge in [-0.3, -0.25) is 9.59 Å². The Morgan fingerprint density at radius 1 is 0.621 bits per heavy atom. The van der Waals surface area contributed by atoms with E-state index in [0.29, 0.717) is 11.1 Å². The van der Waals surface area contributed by atoms with Gasteiger partial charge in [0.2, 0.25) is 18.2 Å². The van der Waals surface area contributed by atoms with Gasteiger partial charge in [-0.25, -0.2) is 0 Å². The van der Waals surface area contributed by atoms with Crippen LogP contribution < -0.4 is 0 Å². The molecule has 0 bridgehead atoms. The molecule has 0 N–H and O–H groups in total. The third-order valence-electron chi connectivity index (χ3n) is 5.29. The molecule has 148 valence electrons. The van der Waals surface area contributed by atoms with E-state index in [1.54, 1.807) is 0 Å². The van der Waals surface area contributed by atoms with Crippen molar-refractivity contribution in [3.05, 3.63) is 106 Å². The van der Waals surface area contributed by atoms with Crippen LogP contribution in [0, 0.1) is 27.7 Å². The maximum Gasteiger partial charge on any atom is 0.229 e. The standard InChI is InChI=1S/C25H25O3P/c1-17-10-8-11-18(2)22(17)24(26)29(28,16-21-14-6-5-7-15-21)25(27)23-19(3)12-9-13-20(23)4/h5-15H,16H2,1-4H3. The summed E-state index contributed by atoms with van der Waals surface area (Å²) in [6.45, 7) is 7.26. The van der Waals surface area contributed by atoms with Gasteiger partial charge in [0.1, 0.15) is 0 Å². The van der Waals surface area contributed by atoms with E-state index in [2.05, 4.69) is 0 Å². The van der Waals surface area contributed by atoms with Crippen molar-refractivity contribution in [2.75, 3.05) is 0 Å². The van der Waals surface area contributed by atoms with Gasteiger partial charge < -0.3 is 4.57 Å². The van der Waals surface area contributed by atoms with Crippen LogP contribution >= 0.6 is 7.14 Å². The van der Waals surface area contributed by atoms with Crippen LogP contribution in [0.4, 0.5) is 0 Å². The van der Waals surface area contributed by atoms with Gasteiger partial charge in [-0.1, -0.05) is 66.7 Å². The SMILES string of the molecule is Cc1cccc(C)c1C(=O)P(=O)(Cc1ccccc1)C(=O)c1c(C)cccc1C. The summed E-state index contributed by atoms with van der Waals surface area (Å²) in [5.41, 5.74) is 3.34. The van der Waals surface area contributed by atoms with Gasteiger partial charge in [-0.05, 0) is 55.5 Å². The Bertz CT molecular complexity index is 1020. The Balaban J connectivity index is 2.21. The maximum absolute atomic E-state index is 14.3. The van der Waals surface area contributed by atoms with Crippen LogP contribution in [0.3, 0.4) is 0 Å². The maximum atomic E-state index is 14.3. The number of hydrogen-bond acceptors (Lipinski definition) is 3. The summed E-state index contributed by atoms with van der Waals surface area (Å²) in [6, 6.07) is 20.1. The van der Waals surface area contributed by atoms with Crippen molar-refractivity contribution in [2.45, 2.75) is 33.9 Å². The van der Waals surface area contributed by atoms with Crippen molar-refractivity contribution in [1.82, 2.24) is 0 Å². The highest BCUT2D eigenvalue weighted by molar-refractivity contribution is 7.94. The first kappa shape index (κ1) is 21.0. The lowest BCUT2D eigenvalue weighted by Gasteiger charge is -2.20. The largest absolute Gasteiger partial charge is 0.306 e. The van der Waals surface area contributed by atoms with Crippen molar-refractivity contribution in [1.29, 1.82) is 0 Å². The first-order chi connectivity index (χ1) is 13.8. The van der Waals surface area contributed by atoms with E-state index in [0.717, 1.165) is 27.8 Å². The Morgan fingerprint density at radius 2 is 1.00 bits per heavy atom. The number of carbonyl (C=O) groups is 2. The number of aryl methyl sites for hydroxylation is 4. The summed E-state index contributed by atoms with van der Waals surface area (Å²) in [5.74, 6) is 0. The molecule has 0 unspecified atom stereocenters. The highest BCUT2D eigenvalue weighted by Crippen LogP contribution is 2.56. The fraction of sp³-hybridized carbons (Fsp3) is 0.200. The molecule has 3 aromatic rings. The van der Waals surface area contributed by atoms with Gasteiger partial charge in [-0.2, -0.15) is 0 Å². The van der Waals surface area contributed by atoms with E-state index >= 15 is 0 Å². The van der Waals surface area contributed by atoms with Crippen LogP contribution in [0.15, 0.2) is 66.7 Å². The van der Waals surface area contributed by atoms with Crippen LogP contribution in [-0.4, -0.2) is 11.0 Å². The molecule has 3 aromatic carbocycles. The summed E-state index contributed by atoms with van der Waals surface area (Å²) < 4.78 is 14.3. The Kier molecular flexibility index (Phi) is 6.00. The van der Waals surface area contributed by atoms with Crippen molar-refractivity contribution in [3.63, 3.8) is 0 Å². The van der Waals surface area contributed by atoms with Crippen molar-refractivity contribution < 1.29 is 14.2 Å². The molecule has 0 saturated heterocycles. The molecule has 0 atom stereocenters. The lowest BCUT2D eigenvalue weighted by molar-refractivity contribution is 0.103. The molecule has 0 spiro atoms. The molecular weight excluding hydrogens is 379 g/mol. The topological polar surface area (TPSA) is 51.2 Å². The molecule has 0 amide bonds. The molecule has 0 aliphatic carbocycles. The molecule has 0 aliphatic rings. The van der Waals surface area contributed by atoms with Gasteiger partial charge in [-0.15, -0.1) is 0 Å². The third-order valence-corrected chi connectivity index (χ3v) is 7.86. The first-order valence-corrected chi connectivity index (χ1v) is 11.5. The van der Waals surface area contributed by atoms with Crippen molar-refractivity contribution >= 4 is 18.2 Å². The molecule has 0 heterocycles. The number of carbonyl (C=O) groups excluding carboxylic acids is 2. The third kappa shape index (κ3) is 4.02. The highest BCUT2D eigenvalue weighted by Gasteiger charge is 2.42. The second-order valence-electron chi connectivity index (χ2n) is 7.53. The zero-order valence-corrected chi connectivity index (χ0v) is 18.1. The van der Waals surface area contributed by atoms with Crippen LogP contribution in [0.2, 0.25) is 0 Å². The minimum atomic E-state index is -3.95. The summed E-state index contributed by atoms with van der Waals surface area (Å²) in [6.07, 6.45) is -0.0763. The Labute approximate surface area is 172 Å². The lowest BCUT2D eigenvalue weighted by Crippen LogP contribution is -2.16. The van der Waals surface area contributed by atoms with Gasteiger partial charge >= 0.3 is 0 Å². The van der Waals surface area contributed by atoms with E-state index in [-0.39, 0.29) is 6.16 Å². The number of benzene rings is 3. The summed E-state index contributed by atoms with van der Waals surface area (Å²) in [7, 11) is -3.95. The van der Waals surface area contributed by atoms with Gasteiger partial charge in [0.25, 0.3) is 0 Å². The molecule has 29 heavy (non-hydrogen) atoms. The lowest BCUT2D eigenvalue weighted by atomic mass is 10.0. The minimum absolute atomic E-state index is 0.0763. The summed E-state index contributed by atoms with van der Waals surface area (Å²) >= 11 is 0. The number of hydrogen-bond donors (Lipinski definition) is 0. The van der Waals surface area contributed by atoms with E-state index < -0.39 is 18.2 Å². The van der Waals surface area contributed by atoms with Crippen molar-refractivity contribution in [2.24, 2.45) is 0 Å². The fourth-order valence-corrected chi connectivity index (χ4v) is 6.37. The molecule has 0 saturated carbocycles. The molecule has 0 radical (unpaired) electrons. The first-order valence-electron chi connectivity index (χ1n) is 9.61. The van der Waals surface area contributed by atoms with Crippen LogP contribution in [0.5, 0.6) is 0 Å². The molecule has 0 aliphatic heterocycles. The molecule has 3 nitrogen and oxygen atoms in total. The zero-order chi connectivity index (χ0) is 21.2. The van der Waals surface area contributed by atoms with Crippen LogP contribution in [-0.2, 0) is 10.7 Å². The van der Waals surface area contributed by atoms with Gasteiger partial charge in [0.15, 0.2) is 0 Å². The smallest absolute Gasteiger partial charge is 0.229 e. The molecule has 0 aromatic heterocycles. The predicted octanol–water partition coefficient (Wildman–Crippen LogP) is 6.46. The number of rotatable bonds is 6. The van der Waals surface area contributed by atoms with Crippen LogP contribution in [0.1, 0.15) is 48.5 Å². The summed E-state index contributed by atoms with van der Waals surface area (Å²) in [4.78, 5) is 27.3. The second kappa shape index (κ2) is 8.31. The van der Waals surface area contributed by atoms with Gasteiger partial charge in [0.05, 0.1) is 0 Å². The van der Waals surface area contributed by atoms with E-state index in [1.807, 2.05) is 94.4 Å².